The summed E-state index contributed by atoms with van der Waals surface area (Å²) in [6.45, 7) is 1.39. The maximum absolute atomic E-state index is 12.5. The van der Waals surface area contributed by atoms with Crippen LogP contribution in [0.2, 0.25) is 0 Å². The van der Waals surface area contributed by atoms with E-state index < -0.39 is 5.91 Å². The molecule has 0 fully saturated rings. The number of ether oxygens (including phenoxy) is 2. The first-order chi connectivity index (χ1) is 14.7. The summed E-state index contributed by atoms with van der Waals surface area (Å²) in [6, 6.07) is 23.6. The monoisotopic (exact) mass is 400 g/mol. The van der Waals surface area contributed by atoms with E-state index in [1.807, 2.05) is 72.8 Å². The normalized spacial score (nSPS) is 11.1. The number of fused-ring (bicyclic) bond motifs is 1. The van der Waals surface area contributed by atoms with Crippen LogP contribution in [0.25, 0.3) is 16.8 Å². The number of carbonyl (C=O) groups is 1. The Bertz CT molecular complexity index is 1070. The quantitative estimate of drug-likeness (QED) is 0.327. The third-order valence-corrected chi connectivity index (χ3v) is 4.63. The summed E-state index contributed by atoms with van der Waals surface area (Å²) >= 11 is 0. The second-order valence-corrected chi connectivity index (χ2v) is 6.74. The first-order valence-electron chi connectivity index (χ1n) is 9.80. The minimum atomic E-state index is -0.407. The van der Waals surface area contributed by atoms with E-state index in [9.17, 15) is 10.1 Å². The average Bonchev–Trinajstić information content (AvgIpc) is 2.79. The van der Waals surface area contributed by atoms with Crippen LogP contribution in [0.15, 0.2) is 72.3 Å². The molecule has 0 aliphatic heterocycles. The largest absolute Gasteiger partial charge is 0.488 e. The van der Waals surface area contributed by atoms with Gasteiger partial charge in [-0.1, -0.05) is 60.7 Å². The lowest BCUT2D eigenvalue weighted by atomic mass is 10.0. The Balaban J connectivity index is 1.91. The minimum Gasteiger partial charge on any atom is -0.488 e. The van der Waals surface area contributed by atoms with Crippen LogP contribution in [-0.2, 0) is 16.1 Å². The van der Waals surface area contributed by atoms with Gasteiger partial charge < -0.3 is 14.8 Å². The molecular formula is C25H24N2O3. The maximum atomic E-state index is 12.5. The van der Waals surface area contributed by atoms with Gasteiger partial charge in [-0.05, 0) is 34.9 Å². The Morgan fingerprint density at radius 3 is 2.60 bits per heavy atom. The van der Waals surface area contributed by atoms with Gasteiger partial charge in [-0.25, -0.2) is 0 Å². The predicted molar refractivity (Wildman–Crippen MR) is 118 cm³/mol. The zero-order valence-corrected chi connectivity index (χ0v) is 16.9. The van der Waals surface area contributed by atoms with Gasteiger partial charge in [-0.2, -0.15) is 5.26 Å². The number of hydrogen-bond donors (Lipinski definition) is 1. The van der Waals surface area contributed by atoms with Crippen molar-refractivity contribution in [3.63, 3.8) is 0 Å². The van der Waals surface area contributed by atoms with Crippen molar-refractivity contribution in [1.82, 2.24) is 5.32 Å². The molecule has 0 unspecified atom stereocenters. The molecule has 0 radical (unpaired) electrons. The van der Waals surface area contributed by atoms with Crippen molar-refractivity contribution in [2.75, 3.05) is 20.3 Å². The molecule has 1 amide bonds. The van der Waals surface area contributed by atoms with Crippen molar-refractivity contribution in [3.8, 4) is 11.8 Å². The summed E-state index contributed by atoms with van der Waals surface area (Å²) in [4.78, 5) is 12.5. The molecule has 0 aliphatic carbocycles. The van der Waals surface area contributed by atoms with Gasteiger partial charge in [-0.15, -0.1) is 0 Å². The molecule has 0 saturated heterocycles. The van der Waals surface area contributed by atoms with Gasteiger partial charge in [0.2, 0.25) is 0 Å². The Hall–Kier alpha value is -3.62. The molecule has 5 heteroatoms. The molecule has 0 bridgehead atoms. The standard InChI is InChI=1S/C25H24N2O3/c1-29-15-7-14-27-25(28)21(17-26)16-23-22-11-6-5-10-20(22)12-13-24(23)30-18-19-8-3-2-4-9-19/h2-6,8-13,16H,7,14-15,18H2,1H3,(H,27,28)/b21-16+. The number of benzene rings is 3. The lowest BCUT2D eigenvalue weighted by Gasteiger charge is -2.13. The third-order valence-electron chi connectivity index (χ3n) is 4.63. The van der Waals surface area contributed by atoms with Gasteiger partial charge in [0, 0.05) is 25.8 Å². The van der Waals surface area contributed by atoms with E-state index in [1.54, 1.807) is 13.2 Å². The van der Waals surface area contributed by atoms with Crippen LogP contribution in [0.1, 0.15) is 17.5 Å². The highest BCUT2D eigenvalue weighted by Crippen LogP contribution is 2.31. The Morgan fingerprint density at radius 1 is 1.07 bits per heavy atom. The summed E-state index contributed by atoms with van der Waals surface area (Å²) in [6.07, 6.45) is 2.29. The summed E-state index contributed by atoms with van der Waals surface area (Å²) in [5.41, 5.74) is 1.79. The molecule has 0 spiro atoms. The lowest BCUT2D eigenvalue weighted by molar-refractivity contribution is -0.117. The number of carbonyl (C=O) groups excluding carboxylic acids is 1. The summed E-state index contributed by atoms with van der Waals surface area (Å²) in [5, 5.41) is 14.3. The van der Waals surface area contributed by atoms with Crippen LogP contribution >= 0.6 is 0 Å². The van der Waals surface area contributed by atoms with Gasteiger partial charge >= 0.3 is 0 Å². The molecule has 3 rings (SSSR count). The van der Waals surface area contributed by atoms with Crippen molar-refractivity contribution in [3.05, 3.63) is 83.4 Å². The van der Waals surface area contributed by atoms with E-state index in [0.29, 0.717) is 37.5 Å². The van der Waals surface area contributed by atoms with Crippen LogP contribution in [-0.4, -0.2) is 26.2 Å². The number of nitriles is 1. The van der Waals surface area contributed by atoms with Gasteiger partial charge in [0.25, 0.3) is 5.91 Å². The predicted octanol–water partition coefficient (Wildman–Crippen LogP) is 4.48. The molecular weight excluding hydrogens is 376 g/mol. The maximum Gasteiger partial charge on any atom is 0.261 e. The van der Waals surface area contributed by atoms with E-state index in [-0.39, 0.29) is 5.57 Å². The van der Waals surface area contributed by atoms with Crippen LogP contribution in [0.5, 0.6) is 5.75 Å². The van der Waals surface area contributed by atoms with Crippen molar-refractivity contribution < 1.29 is 14.3 Å². The number of rotatable bonds is 9. The van der Waals surface area contributed by atoms with Crippen LogP contribution in [0, 0.1) is 11.3 Å². The molecule has 152 valence electrons. The van der Waals surface area contributed by atoms with E-state index in [0.717, 1.165) is 16.3 Å². The van der Waals surface area contributed by atoms with Crippen molar-refractivity contribution >= 4 is 22.8 Å². The number of hydrogen-bond acceptors (Lipinski definition) is 4. The average molecular weight is 400 g/mol. The summed E-state index contributed by atoms with van der Waals surface area (Å²) < 4.78 is 11.1. The SMILES string of the molecule is COCCCNC(=O)/C(C#N)=C/c1c(OCc2ccccc2)ccc2ccccc12. The Labute approximate surface area is 176 Å². The minimum absolute atomic E-state index is 0.0355. The van der Waals surface area contributed by atoms with E-state index in [1.165, 1.54) is 0 Å². The fourth-order valence-electron chi connectivity index (χ4n) is 3.09. The van der Waals surface area contributed by atoms with Crippen LogP contribution in [0.3, 0.4) is 0 Å². The molecule has 3 aromatic rings. The van der Waals surface area contributed by atoms with Crippen molar-refractivity contribution in [2.45, 2.75) is 13.0 Å². The lowest BCUT2D eigenvalue weighted by Crippen LogP contribution is -2.26. The van der Waals surface area contributed by atoms with E-state index >= 15 is 0 Å². The van der Waals surface area contributed by atoms with Crippen LogP contribution in [0.4, 0.5) is 0 Å². The first kappa shape index (κ1) is 21.1. The second kappa shape index (κ2) is 10.8. The van der Waals surface area contributed by atoms with Gasteiger partial charge in [-0.3, -0.25) is 4.79 Å². The van der Waals surface area contributed by atoms with E-state index in [2.05, 4.69) is 5.32 Å². The molecule has 5 nitrogen and oxygen atoms in total. The zero-order chi connectivity index (χ0) is 21.2. The van der Waals surface area contributed by atoms with E-state index in [4.69, 9.17) is 9.47 Å². The Kier molecular flexibility index (Phi) is 7.59. The zero-order valence-electron chi connectivity index (χ0n) is 16.9. The number of methoxy groups -OCH3 is 1. The summed E-state index contributed by atoms with van der Waals surface area (Å²) in [7, 11) is 1.61. The van der Waals surface area contributed by atoms with Crippen molar-refractivity contribution in [2.24, 2.45) is 0 Å². The molecule has 0 saturated carbocycles. The highest BCUT2D eigenvalue weighted by molar-refractivity contribution is 6.04. The molecule has 0 aliphatic rings. The number of nitrogens with zero attached hydrogens (tertiary/aromatic N) is 1. The smallest absolute Gasteiger partial charge is 0.261 e. The fraction of sp³-hybridized carbons (Fsp3) is 0.200. The molecule has 30 heavy (non-hydrogen) atoms. The third kappa shape index (κ3) is 5.47. The number of amides is 1. The van der Waals surface area contributed by atoms with Gasteiger partial charge in [0.05, 0.1) is 0 Å². The summed E-state index contributed by atoms with van der Waals surface area (Å²) in [5.74, 6) is 0.216. The highest BCUT2D eigenvalue weighted by Gasteiger charge is 2.13. The van der Waals surface area contributed by atoms with Gasteiger partial charge in [0.1, 0.15) is 24.0 Å². The first-order valence-corrected chi connectivity index (χ1v) is 9.80. The Morgan fingerprint density at radius 2 is 1.83 bits per heavy atom. The van der Waals surface area contributed by atoms with Crippen molar-refractivity contribution in [1.29, 1.82) is 5.26 Å². The topological polar surface area (TPSA) is 71.3 Å². The molecule has 0 aromatic heterocycles. The molecule has 3 aromatic carbocycles. The number of nitrogens with one attached hydrogen (secondary N) is 1. The van der Waals surface area contributed by atoms with Gasteiger partial charge in [0.15, 0.2) is 0 Å². The molecule has 1 N–H and O–H groups in total. The highest BCUT2D eigenvalue weighted by atomic mass is 16.5. The second-order valence-electron chi connectivity index (χ2n) is 6.74. The van der Waals surface area contributed by atoms with Crippen LogP contribution < -0.4 is 10.1 Å². The molecule has 0 atom stereocenters. The molecule has 0 heterocycles. The fourth-order valence-corrected chi connectivity index (χ4v) is 3.09.